The molecule has 3 N–H and O–H groups in total. The Morgan fingerprint density at radius 2 is 1.72 bits per heavy atom. The number of ketones is 1. The quantitative estimate of drug-likeness (QED) is 0.723. The summed E-state index contributed by atoms with van der Waals surface area (Å²) < 4.78 is 5.29. The molecule has 0 radical (unpaired) electrons. The molecule has 5 nitrogen and oxygen atoms in total. The van der Waals surface area contributed by atoms with Gasteiger partial charge in [-0.3, -0.25) is 4.79 Å². The van der Waals surface area contributed by atoms with Crippen LogP contribution in [0.1, 0.15) is 33.6 Å². The molecule has 0 fully saturated rings. The van der Waals surface area contributed by atoms with Crippen LogP contribution in [0.3, 0.4) is 0 Å². The number of Topliss-reactive ketones (excluding diaryl/α,β-unsaturated/α-hetero) is 1. The van der Waals surface area contributed by atoms with Crippen molar-refractivity contribution in [1.82, 2.24) is 4.90 Å². The fourth-order valence-electron chi connectivity index (χ4n) is 1.00. The summed E-state index contributed by atoms with van der Waals surface area (Å²) in [7, 11) is 0. The second-order valence-electron chi connectivity index (χ2n) is 3.27. The van der Waals surface area contributed by atoms with E-state index in [9.17, 15) is 4.79 Å². The van der Waals surface area contributed by atoms with Gasteiger partial charge in [0.15, 0.2) is 0 Å². The minimum Gasteiger partial charge on any atom is -0.487 e. The largest absolute Gasteiger partial charge is 0.487 e. The molecule has 0 spiro atoms. The van der Waals surface area contributed by atoms with Crippen molar-refractivity contribution >= 4 is 40.6 Å². The van der Waals surface area contributed by atoms with Crippen LogP contribution in [0, 0.1) is 0 Å². The molecule has 0 rings (SSSR count). The van der Waals surface area contributed by atoms with Crippen LogP contribution < -0.4 is 5.73 Å². The highest BCUT2D eigenvalue weighted by Gasteiger charge is 2.06. The van der Waals surface area contributed by atoms with Gasteiger partial charge in [-0.25, -0.2) is 0 Å². The highest BCUT2D eigenvalue weighted by Crippen LogP contribution is 1.96. The van der Waals surface area contributed by atoms with Gasteiger partial charge >= 0.3 is 0 Å². The molecule has 18 heavy (non-hydrogen) atoms. The van der Waals surface area contributed by atoms with Crippen molar-refractivity contribution < 1.29 is 14.6 Å². The number of rotatable bonds is 6. The van der Waals surface area contributed by atoms with E-state index in [2.05, 4.69) is 18.0 Å². The molecule has 0 atom stereocenters. The monoisotopic (exact) mass is 294 g/mol. The van der Waals surface area contributed by atoms with Crippen LogP contribution in [0.4, 0.5) is 0 Å². The van der Waals surface area contributed by atoms with Crippen molar-refractivity contribution in [2.75, 3.05) is 19.7 Å². The summed E-state index contributed by atoms with van der Waals surface area (Å²) >= 11 is 8.92. The first-order chi connectivity index (χ1) is 8.38. The summed E-state index contributed by atoms with van der Waals surface area (Å²) in [5.74, 6) is 0.215. The van der Waals surface area contributed by atoms with E-state index in [-0.39, 0.29) is 5.78 Å². The maximum atomic E-state index is 11.0. The molecule has 0 aliphatic carbocycles. The average Bonchev–Trinajstić information content (AvgIpc) is 2.29. The first-order valence-electron chi connectivity index (χ1n) is 5.80. The zero-order valence-electron chi connectivity index (χ0n) is 11.1. The van der Waals surface area contributed by atoms with Crippen LogP contribution in [0.15, 0.2) is 0 Å². The third kappa shape index (κ3) is 13.1. The minimum atomic E-state index is -0.500. The highest BCUT2D eigenvalue weighted by atomic mass is 32.1. The lowest BCUT2D eigenvalue weighted by Gasteiger charge is -2.21. The van der Waals surface area contributed by atoms with Crippen molar-refractivity contribution in [2.45, 2.75) is 33.6 Å². The van der Waals surface area contributed by atoms with Crippen molar-refractivity contribution in [3.8, 4) is 0 Å². The Morgan fingerprint density at radius 1 is 1.28 bits per heavy atom. The average molecular weight is 294 g/mol. The highest BCUT2D eigenvalue weighted by molar-refractivity contribution is 7.80. The molecule has 0 saturated carbocycles. The van der Waals surface area contributed by atoms with Crippen molar-refractivity contribution in [3.05, 3.63) is 0 Å². The first-order valence-corrected chi connectivity index (χ1v) is 6.62. The Balaban J connectivity index is 0. The predicted molar refractivity (Wildman–Crippen MR) is 80.8 cm³/mol. The number of thiocarbonyl (C=S) groups is 2. The van der Waals surface area contributed by atoms with Gasteiger partial charge in [-0.2, -0.15) is 0 Å². The van der Waals surface area contributed by atoms with Gasteiger partial charge in [0, 0.05) is 25.9 Å². The van der Waals surface area contributed by atoms with E-state index in [1.807, 2.05) is 25.7 Å². The number of hydrogen-bond donors (Lipinski definition) is 2. The topological polar surface area (TPSA) is 75.8 Å². The molecule has 0 bridgehead atoms. The lowest BCUT2D eigenvalue weighted by Crippen LogP contribution is -2.31. The second kappa shape index (κ2) is 12.5. The SMILES string of the molecule is CCC(=O)CCOC(=S)N(CC)CC.NC(O)=S. The molecule has 0 heterocycles. The Hall–Kier alpha value is -0.950. The van der Waals surface area contributed by atoms with Gasteiger partial charge in [0.1, 0.15) is 5.78 Å². The maximum Gasteiger partial charge on any atom is 0.259 e. The number of aliphatic hydroxyl groups is 1. The van der Waals surface area contributed by atoms with Gasteiger partial charge in [-0.1, -0.05) is 6.92 Å². The van der Waals surface area contributed by atoms with Crippen molar-refractivity contribution in [3.63, 3.8) is 0 Å². The number of aliphatic hydroxyl groups excluding tert-OH is 1. The molecule has 0 aromatic heterocycles. The molecular weight excluding hydrogens is 272 g/mol. The number of carbonyl (C=O) groups excluding carboxylic acids is 1. The van der Waals surface area contributed by atoms with Gasteiger partial charge in [0.25, 0.3) is 10.3 Å². The maximum absolute atomic E-state index is 11.0. The Kier molecular flexibility index (Phi) is 13.5. The third-order valence-electron chi connectivity index (χ3n) is 2.02. The van der Waals surface area contributed by atoms with Gasteiger partial charge in [0.05, 0.1) is 6.61 Å². The van der Waals surface area contributed by atoms with E-state index in [1.54, 1.807) is 0 Å². The molecular formula is C11H22N2O3S2. The van der Waals surface area contributed by atoms with Crippen LogP contribution in [0.25, 0.3) is 0 Å². The molecule has 0 aromatic carbocycles. The summed E-state index contributed by atoms with van der Waals surface area (Å²) in [5, 5.41) is 7.56. The molecule has 0 aliphatic rings. The smallest absolute Gasteiger partial charge is 0.259 e. The van der Waals surface area contributed by atoms with E-state index in [4.69, 9.17) is 22.1 Å². The number of carbonyl (C=O) groups is 1. The zero-order valence-corrected chi connectivity index (χ0v) is 12.8. The summed E-state index contributed by atoms with van der Waals surface area (Å²) in [6.45, 7) is 7.99. The Morgan fingerprint density at radius 3 is 2.06 bits per heavy atom. The molecule has 7 heteroatoms. The van der Waals surface area contributed by atoms with Gasteiger partial charge in [-0.05, 0) is 38.3 Å². The molecule has 0 amide bonds. The number of hydrogen-bond acceptors (Lipinski definition) is 4. The lowest BCUT2D eigenvalue weighted by molar-refractivity contribution is -0.119. The van der Waals surface area contributed by atoms with E-state index in [0.717, 1.165) is 13.1 Å². The molecule has 106 valence electrons. The van der Waals surface area contributed by atoms with Crippen LogP contribution in [-0.4, -0.2) is 45.8 Å². The van der Waals surface area contributed by atoms with Gasteiger partial charge < -0.3 is 20.5 Å². The third-order valence-corrected chi connectivity index (χ3v) is 2.40. The van der Waals surface area contributed by atoms with E-state index < -0.39 is 5.17 Å². The summed E-state index contributed by atoms with van der Waals surface area (Å²) in [6, 6.07) is 0. The zero-order chi connectivity index (χ0) is 14.6. The fraction of sp³-hybridized carbons (Fsp3) is 0.727. The molecule has 0 aliphatic heterocycles. The van der Waals surface area contributed by atoms with E-state index in [1.165, 1.54) is 0 Å². The molecule has 0 aromatic rings. The fourth-order valence-corrected chi connectivity index (χ4v) is 1.34. The lowest BCUT2D eigenvalue weighted by atomic mass is 10.2. The minimum absolute atomic E-state index is 0.215. The summed E-state index contributed by atoms with van der Waals surface area (Å²) in [4.78, 5) is 12.9. The van der Waals surface area contributed by atoms with Crippen molar-refractivity contribution in [2.24, 2.45) is 5.73 Å². The van der Waals surface area contributed by atoms with E-state index >= 15 is 0 Å². The first kappa shape index (κ1) is 19.4. The van der Waals surface area contributed by atoms with Crippen LogP contribution >= 0.6 is 24.4 Å². The van der Waals surface area contributed by atoms with Gasteiger partial charge in [0.2, 0.25) is 0 Å². The number of nitrogens with zero attached hydrogens (tertiary/aromatic N) is 1. The predicted octanol–water partition coefficient (Wildman–Crippen LogP) is 1.79. The summed E-state index contributed by atoms with van der Waals surface area (Å²) in [5.41, 5.74) is 4.40. The van der Waals surface area contributed by atoms with Gasteiger partial charge in [-0.15, -0.1) is 0 Å². The standard InChI is InChI=1S/C10H19NO2S.CH3NOS/c1-4-9(12)7-8-13-10(14)11(5-2)6-3;2-1(3)4/h4-8H2,1-3H3;(H3,2,3,4). The number of nitrogens with two attached hydrogens (primary N) is 1. The number of ether oxygens (including phenoxy) is 1. The Bertz CT molecular complexity index is 265. The summed E-state index contributed by atoms with van der Waals surface area (Å²) in [6.07, 6.45) is 1.03. The molecule has 0 unspecified atom stereocenters. The molecule has 0 saturated heterocycles. The van der Waals surface area contributed by atoms with Crippen LogP contribution in [0.5, 0.6) is 0 Å². The second-order valence-corrected chi connectivity index (χ2v) is 4.03. The normalized spacial score (nSPS) is 8.83. The van der Waals surface area contributed by atoms with Crippen LogP contribution in [0.2, 0.25) is 0 Å². The van der Waals surface area contributed by atoms with E-state index in [0.29, 0.717) is 24.6 Å². The Labute approximate surface area is 119 Å². The van der Waals surface area contributed by atoms with Crippen molar-refractivity contribution in [1.29, 1.82) is 0 Å². The van der Waals surface area contributed by atoms with Crippen LogP contribution in [-0.2, 0) is 9.53 Å².